The van der Waals surface area contributed by atoms with Crippen LogP contribution in [0.2, 0.25) is 0 Å². The molecule has 7 nitrogen and oxygen atoms in total. The van der Waals surface area contributed by atoms with Gasteiger partial charge >= 0.3 is 0 Å². The lowest BCUT2D eigenvalue weighted by Crippen LogP contribution is -2.42. The molecule has 1 aliphatic rings. The molecule has 0 unspecified atom stereocenters. The lowest BCUT2D eigenvalue weighted by molar-refractivity contribution is -0.126. The summed E-state index contributed by atoms with van der Waals surface area (Å²) in [6.07, 6.45) is 4.77. The number of nitrogens with one attached hydrogen (secondary N) is 1. The highest BCUT2D eigenvalue weighted by atomic mass is 16.5. The van der Waals surface area contributed by atoms with Crippen molar-refractivity contribution in [3.8, 4) is 11.5 Å². The third-order valence-electron chi connectivity index (χ3n) is 6.07. The maximum absolute atomic E-state index is 13.2. The summed E-state index contributed by atoms with van der Waals surface area (Å²) in [5.41, 5.74) is 2.58. The number of likely N-dealkylation sites (tertiary alicyclic amines) is 1. The lowest BCUT2D eigenvalue weighted by Gasteiger charge is -2.31. The van der Waals surface area contributed by atoms with Crippen LogP contribution in [0, 0.1) is 5.92 Å². The highest BCUT2D eigenvalue weighted by molar-refractivity contribution is 5.95. The van der Waals surface area contributed by atoms with Crippen molar-refractivity contribution in [2.24, 2.45) is 5.92 Å². The number of benzene rings is 2. The van der Waals surface area contributed by atoms with E-state index in [4.69, 9.17) is 9.47 Å². The van der Waals surface area contributed by atoms with E-state index < -0.39 is 0 Å². The van der Waals surface area contributed by atoms with Crippen LogP contribution >= 0.6 is 0 Å². The van der Waals surface area contributed by atoms with Gasteiger partial charge in [0.25, 0.3) is 5.91 Å². The topological polar surface area (TPSA) is 80.8 Å². The Morgan fingerprint density at radius 2 is 1.74 bits per heavy atom. The van der Waals surface area contributed by atoms with Gasteiger partial charge < -0.3 is 19.7 Å². The molecule has 35 heavy (non-hydrogen) atoms. The van der Waals surface area contributed by atoms with Crippen LogP contribution in [0.15, 0.2) is 73.1 Å². The minimum Gasteiger partial charge on any atom is -0.490 e. The monoisotopic (exact) mass is 473 g/mol. The van der Waals surface area contributed by atoms with Crippen molar-refractivity contribution in [1.29, 1.82) is 0 Å². The molecule has 2 heterocycles. The zero-order chi connectivity index (χ0) is 24.5. The summed E-state index contributed by atoms with van der Waals surface area (Å²) in [5.74, 6) is 1.03. The molecule has 2 aromatic carbocycles. The number of amides is 2. The second-order valence-electron chi connectivity index (χ2n) is 8.51. The van der Waals surface area contributed by atoms with Crippen LogP contribution in [0.25, 0.3) is 0 Å². The van der Waals surface area contributed by atoms with E-state index in [-0.39, 0.29) is 17.7 Å². The Morgan fingerprint density at radius 3 is 2.46 bits per heavy atom. The molecule has 4 rings (SSSR count). The van der Waals surface area contributed by atoms with Crippen LogP contribution in [0.5, 0.6) is 11.5 Å². The Hall–Kier alpha value is -3.87. The molecular weight excluding hydrogens is 442 g/mol. The predicted molar refractivity (Wildman–Crippen MR) is 133 cm³/mol. The minimum atomic E-state index is -0.0787. The summed E-state index contributed by atoms with van der Waals surface area (Å²) < 4.78 is 11.7. The number of carbonyl (C=O) groups excluding carboxylic acids is 2. The van der Waals surface area contributed by atoms with Crippen molar-refractivity contribution in [1.82, 2.24) is 15.2 Å². The average molecular weight is 474 g/mol. The highest BCUT2D eigenvalue weighted by Gasteiger charge is 2.28. The molecule has 1 N–H and O–H groups in total. The van der Waals surface area contributed by atoms with Crippen LogP contribution in [0.4, 0.5) is 0 Å². The van der Waals surface area contributed by atoms with E-state index in [1.807, 2.05) is 54.3 Å². The summed E-state index contributed by atoms with van der Waals surface area (Å²) in [6, 6.07) is 18.9. The van der Waals surface area contributed by atoms with Crippen LogP contribution < -0.4 is 14.8 Å². The SMILES string of the molecule is CCOc1cc(C(=O)N2CCC(C(=O)NCc3ccccc3)CC2)ccc1OCc1cccnc1. The average Bonchev–Trinajstić information content (AvgIpc) is 2.92. The third kappa shape index (κ3) is 6.59. The van der Waals surface area contributed by atoms with Crippen molar-refractivity contribution < 1.29 is 19.1 Å². The standard InChI is InChI=1S/C28H31N3O4/c1-2-34-26-17-24(10-11-25(26)35-20-22-9-6-14-29-18-22)28(33)31-15-12-23(13-16-31)27(32)30-19-21-7-4-3-5-8-21/h3-11,14,17-18,23H,2,12-13,15-16,19-20H2,1H3,(H,30,32). The first kappa shape index (κ1) is 24.3. The Labute approximate surface area is 206 Å². The van der Waals surface area contributed by atoms with Gasteiger partial charge in [-0.25, -0.2) is 0 Å². The number of hydrogen-bond donors (Lipinski definition) is 1. The maximum Gasteiger partial charge on any atom is 0.253 e. The van der Waals surface area contributed by atoms with Crippen molar-refractivity contribution in [2.75, 3.05) is 19.7 Å². The van der Waals surface area contributed by atoms with Gasteiger partial charge in [0, 0.05) is 49.1 Å². The normalized spacial score (nSPS) is 13.8. The molecule has 0 aliphatic carbocycles. The van der Waals surface area contributed by atoms with E-state index in [1.54, 1.807) is 30.6 Å². The number of pyridine rings is 1. The van der Waals surface area contributed by atoms with Gasteiger partial charge in [0.15, 0.2) is 11.5 Å². The molecule has 0 radical (unpaired) electrons. The van der Waals surface area contributed by atoms with Crippen molar-refractivity contribution in [3.05, 3.63) is 89.7 Å². The first-order chi connectivity index (χ1) is 17.1. The number of piperidine rings is 1. The fourth-order valence-corrected chi connectivity index (χ4v) is 4.13. The van der Waals surface area contributed by atoms with Crippen LogP contribution in [-0.2, 0) is 17.9 Å². The predicted octanol–water partition coefficient (Wildman–Crippen LogP) is 4.23. The zero-order valence-electron chi connectivity index (χ0n) is 20.0. The van der Waals surface area contributed by atoms with Gasteiger partial charge in [0.2, 0.25) is 5.91 Å². The van der Waals surface area contributed by atoms with Gasteiger partial charge in [-0.05, 0) is 49.6 Å². The fraction of sp³-hybridized carbons (Fsp3) is 0.321. The van der Waals surface area contributed by atoms with Crippen LogP contribution in [0.1, 0.15) is 41.3 Å². The molecule has 1 fully saturated rings. The summed E-state index contributed by atoms with van der Waals surface area (Å²) in [6.45, 7) is 4.34. The molecule has 182 valence electrons. The van der Waals surface area contributed by atoms with Crippen molar-refractivity contribution in [3.63, 3.8) is 0 Å². The third-order valence-corrected chi connectivity index (χ3v) is 6.07. The molecule has 7 heteroatoms. The molecule has 1 aromatic heterocycles. The Bertz CT molecular complexity index is 1110. The number of aromatic nitrogens is 1. The number of hydrogen-bond acceptors (Lipinski definition) is 5. The zero-order valence-corrected chi connectivity index (χ0v) is 20.0. The largest absolute Gasteiger partial charge is 0.490 e. The fourth-order valence-electron chi connectivity index (χ4n) is 4.13. The number of ether oxygens (including phenoxy) is 2. The van der Waals surface area contributed by atoms with Gasteiger partial charge in [-0.3, -0.25) is 14.6 Å². The van der Waals surface area contributed by atoms with E-state index in [0.717, 1.165) is 11.1 Å². The second kappa shape index (κ2) is 12.0. The molecular formula is C28H31N3O4. The molecule has 0 atom stereocenters. The molecule has 0 bridgehead atoms. The van der Waals surface area contributed by atoms with E-state index >= 15 is 0 Å². The van der Waals surface area contributed by atoms with E-state index in [1.165, 1.54) is 0 Å². The van der Waals surface area contributed by atoms with Gasteiger partial charge in [-0.1, -0.05) is 36.4 Å². The van der Waals surface area contributed by atoms with Crippen molar-refractivity contribution in [2.45, 2.75) is 32.9 Å². The summed E-state index contributed by atoms with van der Waals surface area (Å²) in [4.78, 5) is 31.6. The van der Waals surface area contributed by atoms with Crippen molar-refractivity contribution >= 4 is 11.8 Å². The number of carbonyl (C=O) groups is 2. The Balaban J connectivity index is 1.32. The van der Waals surface area contributed by atoms with E-state index in [0.29, 0.717) is 62.8 Å². The van der Waals surface area contributed by atoms with Crippen LogP contribution in [0.3, 0.4) is 0 Å². The first-order valence-electron chi connectivity index (χ1n) is 12.0. The first-order valence-corrected chi connectivity index (χ1v) is 12.0. The molecule has 3 aromatic rings. The quantitative estimate of drug-likeness (QED) is 0.503. The Kier molecular flexibility index (Phi) is 8.33. The van der Waals surface area contributed by atoms with Crippen LogP contribution in [-0.4, -0.2) is 41.4 Å². The molecule has 2 amide bonds. The van der Waals surface area contributed by atoms with Gasteiger partial charge in [-0.15, -0.1) is 0 Å². The van der Waals surface area contributed by atoms with E-state index in [9.17, 15) is 9.59 Å². The summed E-state index contributed by atoms with van der Waals surface area (Å²) in [5, 5.41) is 3.02. The summed E-state index contributed by atoms with van der Waals surface area (Å²) >= 11 is 0. The van der Waals surface area contributed by atoms with Gasteiger partial charge in [0.05, 0.1) is 6.61 Å². The minimum absolute atomic E-state index is 0.0506. The Morgan fingerprint density at radius 1 is 0.971 bits per heavy atom. The molecule has 1 saturated heterocycles. The maximum atomic E-state index is 13.2. The number of nitrogens with zero attached hydrogens (tertiary/aromatic N) is 2. The second-order valence-corrected chi connectivity index (χ2v) is 8.51. The number of rotatable bonds is 9. The molecule has 1 aliphatic heterocycles. The smallest absolute Gasteiger partial charge is 0.253 e. The molecule has 0 saturated carbocycles. The highest BCUT2D eigenvalue weighted by Crippen LogP contribution is 2.30. The van der Waals surface area contributed by atoms with E-state index in [2.05, 4.69) is 10.3 Å². The van der Waals surface area contributed by atoms with Gasteiger partial charge in [-0.2, -0.15) is 0 Å². The van der Waals surface area contributed by atoms with Gasteiger partial charge in [0.1, 0.15) is 6.61 Å². The lowest BCUT2D eigenvalue weighted by atomic mass is 9.95. The summed E-state index contributed by atoms with van der Waals surface area (Å²) in [7, 11) is 0. The molecule has 0 spiro atoms.